The van der Waals surface area contributed by atoms with Gasteiger partial charge in [0.05, 0.1) is 30.1 Å². The van der Waals surface area contributed by atoms with Gasteiger partial charge in [-0.2, -0.15) is 0 Å². The van der Waals surface area contributed by atoms with Crippen molar-refractivity contribution in [3.63, 3.8) is 0 Å². The standard InChI is InChI=1S/C30H44O7/c1-16-12-29(13-17(2)24(32)37-29)34-18-14-27(6)20-8-7-19-25(3,4)36-22(31)11-21-30(19,33)15-28(20,35-21)10-9-26(27,5)23(16)18/h16-21,23,33H,7-15H2,1-6H3. The van der Waals surface area contributed by atoms with Crippen molar-refractivity contribution >= 4 is 11.9 Å². The second-order valence-electron chi connectivity index (χ2n) is 15.1. The molecule has 206 valence electrons. The molecular formula is C30H44O7. The summed E-state index contributed by atoms with van der Waals surface area (Å²) in [4.78, 5) is 25.1. The van der Waals surface area contributed by atoms with E-state index in [2.05, 4.69) is 20.8 Å². The Labute approximate surface area is 220 Å². The lowest BCUT2D eigenvalue weighted by Crippen LogP contribution is -2.58. The van der Waals surface area contributed by atoms with Crippen molar-refractivity contribution in [2.75, 3.05) is 0 Å². The van der Waals surface area contributed by atoms with Crippen LogP contribution >= 0.6 is 0 Å². The summed E-state index contributed by atoms with van der Waals surface area (Å²) in [7, 11) is 0. The first kappa shape index (κ1) is 24.8. The van der Waals surface area contributed by atoms with Gasteiger partial charge in [0.25, 0.3) is 0 Å². The van der Waals surface area contributed by atoms with E-state index in [4.69, 9.17) is 18.9 Å². The van der Waals surface area contributed by atoms with E-state index >= 15 is 0 Å². The van der Waals surface area contributed by atoms with Crippen molar-refractivity contribution < 1.29 is 33.6 Å². The Morgan fingerprint density at radius 3 is 2.30 bits per heavy atom. The number of cyclic esters (lactones) is 1. The summed E-state index contributed by atoms with van der Waals surface area (Å²) < 4.78 is 25.6. The molecule has 0 aromatic carbocycles. The maximum absolute atomic E-state index is 12.7. The highest BCUT2D eigenvalue weighted by atomic mass is 16.7. The second kappa shape index (κ2) is 7.11. The molecule has 2 spiro atoms. The Balaban J connectivity index is 1.27. The Hall–Kier alpha value is -1.18. The van der Waals surface area contributed by atoms with Crippen LogP contribution in [0.2, 0.25) is 0 Å². The van der Waals surface area contributed by atoms with Gasteiger partial charge >= 0.3 is 11.9 Å². The molecule has 3 aliphatic carbocycles. The summed E-state index contributed by atoms with van der Waals surface area (Å²) in [5.41, 5.74) is -2.21. The Morgan fingerprint density at radius 1 is 0.865 bits per heavy atom. The van der Waals surface area contributed by atoms with Gasteiger partial charge < -0.3 is 24.1 Å². The molecule has 12 unspecified atom stereocenters. The lowest BCUT2D eigenvalue weighted by molar-refractivity contribution is -0.277. The normalized spacial score (nSPS) is 59.6. The van der Waals surface area contributed by atoms with Gasteiger partial charge in [-0.05, 0) is 74.5 Å². The molecule has 7 fully saturated rings. The molecule has 3 saturated carbocycles. The number of ether oxygens (including phenoxy) is 4. The van der Waals surface area contributed by atoms with Gasteiger partial charge in [0.15, 0.2) is 0 Å². The van der Waals surface area contributed by atoms with Crippen molar-refractivity contribution in [2.24, 2.45) is 40.4 Å². The van der Waals surface area contributed by atoms with Gasteiger partial charge in [0.2, 0.25) is 5.79 Å². The van der Waals surface area contributed by atoms with E-state index in [-0.39, 0.29) is 53.0 Å². The van der Waals surface area contributed by atoms with Gasteiger partial charge in [0.1, 0.15) is 11.2 Å². The van der Waals surface area contributed by atoms with Gasteiger partial charge in [-0.1, -0.05) is 27.7 Å². The van der Waals surface area contributed by atoms with Crippen LogP contribution in [0.3, 0.4) is 0 Å². The third-order valence-corrected chi connectivity index (χ3v) is 12.9. The van der Waals surface area contributed by atoms with Crippen LogP contribution in [-0.4, -0.2) is 51.8 Å². The molecule has 1 N–H and O–H groups in total. The number of carbonyl (C=O) groups excluding carboxylic acids is 2. The van der Waals surface area contributed by atoms with E-state index in [0.717, 1.165) is 38.5 Å². The van der Waals surface area contributed by atoms with E-state index in [1.807, 2.05) is 20.8 Å². The number of hydrogen-bond donors (Lipinski definition) is 1. The minimum absolute atomic E-state index is 0.0409. The molecule has 0 radical (unpaired) electrons. The van der Waals surface area contributed by atoms with Crippen LogP contribution in [0, 0.1) is 40.4 Å². The number of esters is 2. The molecule has 7 rings (SSSR count). The molecule has 12 atom stereocenters. The van der Waals surface area contributed by atoms with Gasteiger partial charge in [-0.25, -0.2) is 0 Å². The molecule has 7 heteroatoms. The smallest absolute Gasteiger partial charge is 0.311 e. The number of rotatable bonds is 0. The fourth-order valence-electron chi connectivity index (χ4n) is 11.5. The van der Waals surface area contributed by atoms with Crippen molar-refractivity contribution in [2.45, 2.75) is 134 Å². The Kier molecular flexibility index (Phi) is 4.77. The third-order valence-electron chi connectivity index (χ3n) is 12.9. The predicted octanol–water partition coefficient (Wildman–Crippen LogP) is 4.53. The largest absolute Gasteiger partial charge is 0.459 e. The molecule has 0 aromatic heterocycles. The number of aliphatic hydroxyl groups is 1. The summed E-state index contributed by atoms with van der Waals surface area (Å²) >= 11 is 0. The van der Waals surface area contributed by atoms with E-state index in [9.17, 15) is 14.7 Å². The molecule has 2 bridgehead atoms. The van der Waals surface area contributed by atoms with Crippen LogP contribution in [0.1, 0.15) is 99.3 Å². The fourth-order valence-corrected chi connectivity index (χ4v) is 11.5. The number of hydrogen-bond acceptors (Lipinski definition) is 7. The average Bonchev–Trinajstić information content (AvgIpc) is 3.21. The van der Waals surface area contributed by atoms with Crippen LogP contribution in [0.25, 0.3) is 0 Å². The zero-order valence-electron chi connectivity index (χ0n) is 23.3. The Bertz CT molecular complexity index is 1060. The molecule has 37 heavy (non-hydrogen) atoms. The van der Waals surface area contributed by atoms with Gasteiger partial charge in [0, 0.05) is 25.2 Å². The molecule has 7 nitrogen and oxygen atoms in total. The van der Waals surface area contributed by atoms with Crippen molar-refractivity contribution in [1.29, 1.82) is 0 Å². The van der Waals surface area contributed by atoms with E-state index < -0.39 is 28.7 Å². The summed E-state index contributed by atoms with van der Waals surface area (Å²) in [6.07, 6.45) is 6.22. The minimum atomic E-state index is -1.05. The second-order valence-corrected chi connectivity index (χ2v) is 15.1. The highest BCUT2D eigenvalue weighted by molar-refractivity contribution is 5.74. The summed E-state index contributed by atoms with van der Waals surface area (Å²) in [6.45, 7) is 13.1. The predicted molar refractivity (Wildman–Crippen MR) is 133 cm³/mol. The van der Waals surface area contributed by atoms with Crippen LogP contribution in [0.4, 0.5) is 0 Å². The molecule has 7 aliphatic rings. The lowest BCUT2D eigenvalue weighted by atomic mass is 9.46. The molecule has 4 heterocycles. The summed E-state index contributed by atoms with van der Waals surface area (Å²) in [5.74, 6) is -0.423. The topological polar surface area (TPSA) is 91.3 Å². The van der Waals surface area contributed by atoms with Crippen LogP contribution in [0.15, 0.2) is 0 Å². The highest BCUT2D eigenvalue weighted by Crippen LogP contribution is 2.75. The van der Waals surface area contributed by atoms with Crippen molar-refractivity contribution in [3.05, 3.63) is 0 Å². The maximum atomic E-state index is 12.7. The minimum Gasteiger partial charge on any atom is -0.459 e. The third kappa shape index (κ3) is 2.95. The van der Waals surface area contributed by atoms with Gasteiger partial charge in [-0.3, -0.25) is 9.59 Å². The first-order valence-corrected chi connectivity index (χ1v) is 14.7. The molecular weight excluding hydrogens is 472 g/mol. The summed E-state index contributed by atoms with van der Waals surface area (Å²) in [6, 6.07) is 0. The van der Waals surface area contributed by atoms with E-state index in [1.54, 1.807) is 0 Å². The average molecular weight is 517 g/mol. The van der Waals surface area contributed by atoms with Gasteiger partial charge in [-0.15, -0.1) is 0 Å². The first-order valence-electron chi connectivity index (χ1n) is 14.7. The number of fused-ring (bicyclic) bond motifs is 4. The summed E-state index contributed by atoms with van der Waals surface area (Å²) in [5, 5.41) is 12.2. The molecule has 0 amide bonds. The number of carbonyl (C=O) groups is 2. The highest BCUT2D eigenvalue weighted by Gasteiger charge is 2.76. The first-order chi connectivity index (χ1) is 17.2. The van der Waals surface area contributed by atoms with Crippen LogP contribution in [0.5, 0.6) is 0 Å². The van der Waals surface area contributed by atoms with Crippen molar-refractivity contribution in [1.82, 2.24) is 0 Å². The zero-order valence-corrected chi connectivity index (χ0v) is 23.3. The lowest BCUT2D eigenvalue weighted by Gasteiger charge is -2.60. The quantitative estimate of drug-likeness (QED) is 0.473. The van der Waals surface area contributed by atoms with Crippen molar-refractivity contribution in [3.8, 4) is 0 Å². The monoisotopic (exact) mass is 516 g/mol. The fraction of sp³-hybridized carbons (Fsp3) is 0.933. The van der Waals surface area contributed by atoms with E-state index in [0.29, 0.717) is 24.7 Å². The molecule has 0 aromatic rings. The van der Waals surface area contributed by atoms with E-state index in [1.165, 1.54) is 0 Å². The van der Waals surface area contributed by atoms with Crippen LogP contribution in [-0.2, 0) is 28.5 Å². The SMILES string of the molecule is CC1CC2(CC(C)C3C(CC4(C)C5CCC6C(C)(C)OC(=O)CC7OC5(CCC34C)CC76O)O2)OC1=O. The zero-order chi connectivity index (χ0) is 26.4. The Morgan fingerprint density at radius 2 is 1.59 bits per heavy atom. The maximum Gasteiger partial charge on any atom is 0.311 e. The molecule has 4 saturated heterocycles. The molecule has 4 aliphatic heterocycles. The van der Waals surface area contributed by atoms with Crippen LogP contribution < -0.4 is 0 Å².